The molecular weight excluding hydrogens is 1070 g/mol. The maximum Gasteiger partial charge on any atom is 0.249 e. The second-order valence-electron chi connectivity index (χ2n) is 23.3. The van der Waals surface area contributed by atoms with E-state index in [0.717, 1.165) is 127 Å². The number of benzene rings is 13. The van der Waals surface area contributed by atoms with Gasteiger partial charge < -0.3 is 18.8 Å². The van der Waals surface area contributed by atoms with Crippen molar-refractivity contribution in [3.63, 3.8) is 0 Å². The number of fused-ring (bicyclic) bond motifs is 12. The van der Waals surface area contributed by atoms with Crippen LogP contribution in [0.3, 0.4) is 0 Å². The van der Waals surface area contributed by atoms with E-state index in [-0.39, 0.29) is 52.7 Å². The summed E-state index contributed by atoms with van der Waals surface area (Å²) in [6.45, 7) is 4.30. The minimum absolute atomic E-state index is 0.0192. The number of rotatable bonds is 7. The Morgan fingerprint density at radius 1 is 0.391 bits per heavy atom. The van der Waals surface area contributed by atoms with Gasteiger partial charge in [0.05, 0.1) is 39.1 Å². The van der Waals surface area contributed by atoms with Crippen LogP contribution in [-0.4, -0.2) is 11.3 Å². The van der Waals surface area contributed by atoms with Gasteiger partial charge in [0.25, 0.3) is 0 Å². The molecule has 6 heteroatoms. The van der Waals surface area contributed by atoms with Gasteiger partial charge in [0, 0.05) is 70.6 Å². The first-order valence-corrected chi connectivity index (χ1v) is 30.2. The van der Waals surface area contributed by atoms with Crippen LogP contribution in [0.4, 0.5) is 34.1 Å². The number of furan rings is 1. The highest BCUT2D eigenvalue weighted by atomic mass is 32.2. The van der Waals surface area contributed by atoms with Crippen LogP contribution in [0.1, 0.15) is 35.9 Å². The monoisotopic (exact) mass is 1140 g/mol. The fourth-order valence-electron chi connectivity index (χ4n) is 14.3. The van der Waals surface area contributed by atoms with Crippen molar-refractivity contribution in [2.45, 2.75) is 29.1 Å². The van der Waals surface area contributed by atoms with Crippen molar-refractivity contribution < 1.29 is 15.4 Å². The molecule has 0 radical (unpaired) electrons. The van der Waals surface area contributed by atoms with E-state index in [1.165, 1.54) is 11.1 Å². The van der Waals surface area contributed by atoms with Crippen LogP contribution in [0, 0.1) is 0 Å². The number of aromatic nitrogens is 1. The van der Waals surface area contributed by atoms with Gasteiger partial charge in [0.2, 0.25) is 6.71 Å². The fraction of sp³-hybridized carbons (Fsp3) is 0.0370. The molecule has 5 heterocycles. The van der Waals surface area contributed by atoms with Crippen LogP contribution >= 0.6 is 11.8 Å². The van der Waals surface area contributed by atoms with E-state index in [1.54, 1.807) is 16.3 Å². The molecule has 0 amide bonds. The van der Waals surface area contributed by atoms with E-state index < -0.39 is 29.6 Å². The molecule has 0 saturated carbocycles. The highest BCUT2D eigenvalue weighted by Gasteiger charge is 2.43. The lowest BCUT2D eigenvalue weighted by Gasteiger charge is -2.43. The van der Waals surface area contributed by atoms with Gasteiger partial charge in [0.15, 0.2) is 0 Å². The average molecular weight is 1140 g/mol. The Bertz CT molecular complexity index is 5680. The summed E-state index contributed by atoms with van der Waals surface area (Å²) >= 11 is 1.78. The van der Waals surface area contributed by atoms with Gasteiger partial charge in [-0.3, -0.25) is 0 Å². The van der Waals surface area contributed by atoms with Gasteiger partial charge in [-0.25, -0.2) is 0 Å². The molecule has 87 heavy (non-hydrogen) atoms. The summed E-state index contributed by atoms with van der Waals surface area (Å²) in [5.41, 5.74) is 21.4. The first-order chi connectivity index (χ1) is 46.2. The molecular formula is C81H54BN3OS. The molecule has 0 spiro atoms. The zero-order chi connectivity index (χ0) is 64.4. The van der Waals surface area contributed by atoms with Gasteiger partial charge in [0.1, 0.15) is 11.2 Å². The van der Waals surface area contributed by atoms with Gasteiger partial charge in [-0.15, -0.1) is 0 Å². The van der Waals surface area contributed by atoms with E-state index in [1.807, 2.05) is 36.4 Å². The molecule has 0 saturated heterocycles. The number of nitrogens with zero attached hydrogens (tertiary/aromatic N) is 3. The van der Waals surface area contributed by atoms with Crippen LogP contribution in [-0.2, 0) is 5.41 Å². The van der Waals surface area contributed by atoms with Gasteiger partial charge in [-0.1, -0.05) is 231 Å². The van der Waals surface area contributed by atoms with Gasteiger partial charge in [-0.05, 0) is 146 Å². The molecule has 0 bridgehead atoms. The summed E-state index contributed by atoms with van der Waals surface area (Å²) in [4.78, 5) is 6.97. The largest absolute Gasteiger partial charge is 0.456 e. The number of anilines is 6. The Hall–Kier alpha value is -10.5. The summed E-state index contributed by atoms with van der Waals surface area (Å²) in [5.74, 6) is 0. The van der Waals surface area contributed by atoms with Crippen molar-refractivity contribution >= 4 is 113 Å². The Morgan fingerprint density at radius 2 is 0.989 bits per heavy atom. The van der Waals surface area contributed by atoms with E-state index in [0.29, 0.717) is 5.69 Å². The highest BCUT2D eigenvalue weighted by molar-refractivity contribution is 8.00. The quantitative estimate of drug-likeness (QED) is 0.149. The standard InChI is InChI=1S/C81H54BN3OS/c1-81(2)65-32-15-18-35-71(65)83(57-25-10-5-11-26-57)72-43-38-54(46-66(72)81)56-47-74-79-78(49-56)87-77-48-55(53-39-44-76-64(45-53)63-29-14-19-36-75(63)86-76)37-41-68(77)82(79)67-42-40-58(84-69-33-16-12-27-61(69)62-28-13-17-34-70(62)84)50-73(67)85(74)80-59(51-21-6-3-7-22-51)30-20-31-60(80)52-23-8-4-9-24-52/h3-50H,1-2H3/i12D,13D,16D,17D,27D,28D,33D,34D. The molecule has 15 aromatic rings. The normalized spacial score (nSPS) is 14.9. The Labute approximate surface area is 521 Å². The first kappa shape index (κ1) is 42.3. The summed E-state index contributed by atoms with van der Waals surface area (Å²) in [5, 5.41) is 2.14. The van der Waals surface area contributed by atoms with Crippen molar-refractivity contribution in [3.05, 3.63) is 302 Å². The molecule has 0 atom stereocenters. The van der Waals surface area contributed by atoms with Crippen molar-refractivity contribution in [1.82, 2.24) is 4.57 Å². The summed E-state index contributed by atoms with van der Waals surface area (Å²) in [6.07, 6.45) is 0. The maximum absolute atomic E-state index is 9.65. The summed E-state index contributed by atoms with van der Waals surface area (Å²) < 4.78 is 82.2. The summed E-state index contributed by atoms with van der Waals surface area (Å²) in [7, 11) is 0. The minimum atomic E-state index is -0.493. The molecule has 0 aliphatic carbocycles. The van der Waals surface area contributed by atoms with Crippen LogP contribution in [0.25, 0.3) is 93.9 Å². The predicted molar refractivity (Wildman–Crippen MR) is 367 cm³/mol. The lowest BCUT2D eigenvalue weighted by atomic mass is 9.34. The first-order valence-electron chi connectivity index (χ1n) is 33.4. The fourth-order valence-corrected chi connectivity index (χ4v) is 15.5. The third-order valence-electron chi connectivity index (χ3n) is 18.3. The third kappa shape index (κ3) is 7.60. The molecule has 3 aliphatic heterocycles. The Morgan fingerprint density at radius 3 is 1.75 bits per heavy atom. The molecule has 0 unspecified atom stereocenters. The van der Waals surface area contributed by atoms with E-state index in [9.17, 15) is 5.48 Å². The second-order valence-corrected chi connectivity index (χ2v) is 24.4. The maximum atomic E-state index is 9.65. The Balaban J connectivity index is 0.951. The molecule has 13 aromatic carbocycles. The molecule has 3 aliphatic rings. The van der Waals surface area contributed by atoms with E-state index >= 15 is 0 Å². The van der Waals surface area contributed by atoms with Crippen molar-refractivity contribution in [2.75, 3.05) is 9.80 Å². The molecule has 2 aromatic heterocycles. The number of hydrogen-bond donors (Lipinski definition) is 0. The second kappa shape index (κ2) is 19.2. The van der Waals surface area contributed by atoms with Crippen molar-refractivity contribution in [1.29, 1.82) is 0 Å². The van der Waals surface area contributed by atoms with Crippen LogP contribution in [0.5, 0.6) is 0 Å². The Kier molecular flexibility index (Phi) is 9.36. The van der Waals surface area contributed by atoms with Crippen molar-refractivity contribution in [3.8, 4) is 50.2 Å². The van der Waals surface area contributed by atoms with Crippen LogP contribution < -0.4 is 26.2 Å². The van der Waals surface area contributed by atoms with Gasteiger partial charge in [-0.2, -0.15) is 0 Å². The lowest BCUT2D eigenvalue weighted by molar-refractivity contribution is 0.632. The van der Waals surface area contributed by atoms with E-state index in [2.05, 4.69) is 230 Å². The van der Waals surface area contributed by atoms with Crippen molar-refractivity contribution in [2.24, 2.45) is 0 Å². The van der Waals surface area contributed by atoms with E-state index in [4.69, 9.17) is 9.90 Å². The van der Waals surface area contributed by atoms with Gasteiger partial charge >= 0.3 is 0 Å². The lowest BCUT2D eigenvalue weighted by Crippen LogP contribution is -2.59. The topological polar surface area (TPSA) is 24.6 Å². The zero-order valence-electron chi connectivity index (χ0n) is 55.3. The zero-order valence-corrected chi connectivity index (χ0v) is 48.1. The van der Waals surface area contributed by atoms with Crippen LogP contribution in [0.15, 0.2) is 305 Å². The third-order valence-corrected chi connectivity index (χ3v) is 19.4. The SMILES string of the molecule is [2H]c1c([2H])c([2H])c2c(c1[2H])c1c([2H])c([2H])c([2H])c([2H])c1n2-c1ccc2c(c1)N(c1c(-c3ccccc3)cccc1-c1ccccc1)c1cc(-c3ccc4c(c3)C(C)(C)c3ccccc3N4c3ccccc3)cc3c1B2c1ccc(-c2ccc4oc5ccccc5c4c2)cc1S3. The molecule has 408 valence electrons. The highest BCUT2D eigenvalue weighted by Crippen LogP contribution is 2.55. The van der Waals surface area contributed by atoms with Crippen LogP contribution in [0.2, 0.25) is 0 Å². The minimum Gasteiger partial charge on any atom is -0.456 e. The number of para-hydroxylation sites is 6. The summed E-state index contributed by atoms with van der Waals surface area (Å²) in [6, 6.07) is 82.5. The smallest absolute Gasteiger partial charge is 0.249 e. The molecule has 0 fully saturated rings. The molecule has 0 N–H and O–H groups in total. The predicted octanol–water partition coefficient (Wildman–Crippen LogP) is 20.2. The average Bonchev–Trinajstić information content (AvgIpc) is 1.54. The molecule has 4 nitrogen and oxygen atoms in total. The molecule has 18 rings (SSSR count). The number of hydrogen-bond acceptors (Lipinski definition) is 4.